The highest BCUT2D eigenvalue weighted by molar-refractivity contribution is 7.57. The summed E-state index contributed by atoms with van der Waals surface area (Å²) < 4.78 is 12.1. The number of hydrogen-bond donors (Lipinski definition) is 3. The molecule has 2 rings (SSSR count). The van der Waals surface area contributed by atoms with E-state index in [0.717, 1.165) is 13.1 Å². The zero-order chi connectivity index (χ0) is 15.0. The molecule has 0 fully saturated rings. The minimum atomic E-state index is -3.08. The van der Waals surface area contributed by atoms with Crippen LogP contribution in [-0.2, 0) is 17.7 Å². The molecule has 21 heavy (non-hydrogen) atoms. The topological polar surface area (TPSA) is 70.5 Å². The number of benzene rings is 2. The second-order valence-electron chi connectivity index (χ2n) is 5.17. The highest BCUT2D eigenvalue weighted by Crippen LogP contribution is 2.33. The molecule has 2 aromatic carbocycles. The molecule has 5 N–H and O–H groups in total. The van der Waals surface area contributed by atoms with E-state index in [2.05, 4.69) is 0 Å². The van der Waals surface area contributed by atoms with Crippen LogP contribution in [0.25, 0.3) is 0 Å². The molecule has 112 valence electrons. The van der Waals surface area contributed by atoms with E-state index < -0.39 is 7.37 Å². The van der Waals surface area contributed by atoms with Gasteiger partial charge in [-0.15, -0.1) is 0 Å². The molecular weight excluding hydrogens is 283 g/mol. The van der Waals surface area contributed by atoms with Crippen molar-refractivity contribution >= 4 is 7.37 Å². The third kappa shape index (κ3) is 6.23. The molecule has 0 saturated heterocycles. The number of rotatable bonds is 8. The zero-order valence-corrected chi connectivity index (χ0v) is 13.0. The summed E-state index contributed by atoms with van der Waals surface area (Å²) in [5.41, 5.74) is 2.34. The Bertz CT molecular complexity index is 526. The van der Waals surface area contributed by atoms with E-state index in [-0.39, 0.29) is 12.6 Å². The van der Waals surface area contributed by atoms with Crippen molar-refractivity contribution in [1.29, 1.82) is 0 Å². The molecule has 0 unspecified atom stereocenters. The summed E-state index contributed by atoms with van der Waals surface area (Å²) in [5, 5.41) is 3.82. The molecule has 0 heterocycles. The molecule has 0 aliphatic rings. The van der Waals surface area contributed by atoms with Crippen molar-refractivity contribution in [3.05, 3.63) is 71.8 Å². The van der Waals surface area contributed by atoms with Gasteiger partial charge in [0, 0.05) is 11.1 Å². The maximum Gasteiger partial charge on any atom is 0.305 e. The zero-order valence-electron chi connectivity index (χ0n) is 12.1. The van der Waals surface area contributed by atoms with Gasteiger partial charge in [-0.1, -0.05) is 60.7 Å². The first-order valence-corrected chi connectivity index (χ1v) is 9.21. The summed E-state index contributed by atoms with van der Waals surface area (Å²) in [5.74, 6) is 0. The standard InChI is InChI=1S/C16H21N2O2P/c19-21(20,13-17-11-15-7-3-1-4-8-15)14-18-12-16-9-5-2-6-10-16/h1-10,17-18H,11-14H2,(H,19,20)/p+2. The lowest BCUT2D eigenvalue weighted by atomic mass is 10.2. The van der Waals surface area contributed by atoms with Crippen molar-refractivity contribution in [2.75, 3.05) is 12.6 Å². The average molecular weight is 306 g/mol. The summed E-state index contributed by atoms with van der Waals surface area (Å²) in [7, 11) is -3.08. The van der Waals surface area contributed by atoms with E-state index in [4.69, 9.17) is 0 Å². The summed E-state index contributed by atoms with van der Waals surface area (Å²) in [4.78, 5) is 9.96. The predicted molar refractivity (Wildman–Crippen MR) is 83.7 cm³/mol. The van der Waals surface area contributed by atoms with E-state index in [1.807, 2.05) is 71.3 Å². The molecule has 4 nitrogen and oxygen atoms in total. The van der Waals surface area contributed by atoms with Crippen molar-refractivity contribution in [1.82, 2.24) is 0 Å². The number of hydrogen-bond acceptors (Lipinski definition) is 1. The van der Waals surface area contributed by atoms with Crippen molar-refractivity contribution in [2.24, 2.45) is 0 Å². The van der Waals surface area contributed by atoms with Crippen molar-refractivity contribution in [3.8, 4) is 0 Å². The maximum atomic E-state index is 12.1. The Kier molecular flexibility index (Phi) is 6.15. The Balaban J connectivity index is 1.68. The minimum absolute atomic E-state index is 0.271. The molecule has 0 radical (unpaired) electrons. The molecule has 0 bridgehead atoms. The van der Waals surface area contributed by atoms with Crippen molar-refractivity contribution < 1.29 is 20.1 Å². The van der Waals surface area contributed by atoms with Crippen molar-refractivity contribution in [3.63, 3.8) is 0 Å². The van der Waals surface area contributed by atoms with E-state index in [0.29, 0.717) is 0 Å². The Morgan fingerprint density at radius 3 is 1.52 bits per heavy atom. The molecule has 0 aromatic heterocycles. The van der Waals surface area contributed by atoms with Gasteiger partial charge in [-0.3, -0.25) is 4.57 Å². The van der Waals surface area contributed by atoms with Crippen LogP contribution >= 0.6 is 7.37 Å². The third-order valence-electron chi connectivity index (χ3n) is 3.27. The lowest BCUT2D eigenvalue weighted by Crippen LogP contribution is -2.86. The maximum absolute atomic E-state index is 12.1. The van der Waals surface area contributed by atoms with Crippen LogP contribution in [0.1, 0.15) is 11.1 Å². The largest absolute Gasteiger partial charge is 0.337 e. The minimum Gasteiger partial charge on any atom is -0.337 e. The van der Waals surface area contributed by atoms with Gasteiger partial charge in [0.25, 0.3) is 0 Å². The Morgan fingerprint density at radius 2 is 1.14 bits per heavy atom. The molecule has 0 aliphatic heterocycles. The van der Waals surface area contributed by atoms with Gasteiger partial charge in [0.2, 0.25) is 0 Å². The summed E-state index contributed by atoms with van der Waals surface area (Å²) in [6.07, 6.45) is 0.542. The fourth-order valence-electron chi connectivity index (χ4n) is 2.17. The molecule has 0 aliphatic carbocycles. The van der Waals surface area contributed by atoms with Crippen LogP contribution in [0.2, 0.25) is 0 Å². The Labute approximate surface area is 125 Å². The van der Waals surface area contributed by atoms with Crippen LogP contribution in [0, 0.1) is 0 Å². The van der Waals surface area contributed by atoms with Gasteiger partial charge < -0.3 is 15.5 Å². The van der Waals surface area contributed by atoms with Gasteiger partial charge in [0.15, 0.2) is 12.6 Å². The smallest absolute Gasteiger partial charge is 0.305 e. The normalized spacial score (nSPS) is 11.5. The molecule has 0 spiro atoms. The highest BCUT2D eigenvalue weighted by atomic mass is 31.2. The number of quaternary nitrogens is 2. The van der Waals surface area contributed by atoms with Gasteiger partial charge >= 0.3 is 7.37 Å². The highest BCUT2D eigenvalue weighted by Gasteiger charge is 2.22. The van der Waals surface area contributed by atoms with Gasteiger partial charge in [0.1, 0.15) is 13.1 Å². The van der Waals surface area contributed by atoms with Crippen LogP contribution in [0.15, 0.2) is 60.7 Å². The fourth-order valence-corrected chi connectivity index (χ4v) is 3.38. The van der Waals surface area contributed by atoms with Crippen LogP contribution in [0.4, 0.5) is 0 Å². The summed E-state index contributed by atoms with van der Waals surface area (Å²) in [6.45, 7) is 1.48. The second-order valence-corrected chi connectivity index (χ2v) is 7.59. The molecule has 5 heteroatoms. The Hall–Kier alpha value is -1.45. The average Bonchev–Trinajstić information content (AvgIpc) is 2.49. The molecule has 0 atom stereocenters. The second kappa shape index (κ2) is 8.11. The van der Waals surface area contributed by atoms with Crippen LogP contribution in [0.3, 0.4) is 0 Å². The number of nitrogens with two attached hydrogens (primary N) is 2. The van der Waals surface area contributed by atoms with Gasteiger partial charge in [-0.25, -0.2) is 0 Å². The van der Waals surface area contributed by atoms with E-state index in [1.165, 1.54) is 11.1 Å². The first-order chi connectivity index (χ1) is 10.2. The molecular formula is C16H23N2O2P+2. The van der Waals surface area contributed by atoms with Gasteiger partial charge in [0.05, 0.1) is 0 Å². The lowest BCUT2D eigenvalue weighted by Gasteiger charge is -2.09. The van der Waals surface area contributed by atoms with Crippen molar-refractivity contribution in [2.45, 2.75) is 13.1 Å². The molecule has 0 amide bonds. The summed E-state index contributed by atoms with van der Waals surface area (Å²) >= 11 is 0. The van der Waals surface area contributed by atoms with E-state index in [9.17, 15) is 9.46 Å². The molecule has 0 saturated carbocycles. The van der Waals surface area contributed by atoms with E-state index >= 15 is 0 Å². The monoisotopic (exact) mass is 306 g/mol. The quantitative estimate of drug-likeness (QED) is 0.628. The lowest BCUT2D eigenvalue weighted by molar-refractivity contribution is -0.666. The summed E-state index contributed by atoms with van der Waals surface area (Å²) in [6, 6.07) is 20.0. The third-order valence-corrected chi connectivity index (χ3v) is 4.93. The fraction of sp³-hybridized carbons (Fsp3) is 0.250. The van der Waals surface area contributed by atoms with Crippen LogP contribution in [0.5, 0.6) is 0 Å². The molecule has 2 aromatic rings. The van der Waals surface area contributed by atoms with Crippen LogP contribution in [-0.4, -0.2) is 17.5 Å². The van der Waals surface area contributed by atoms with Gasteiger partial charge in [-0.05, 0) is 0 Å². The SMILES string of the molecule is O=P(O)(C[NH2+]Cc1ccccc1)C[NH2+]Cc1ccccc1. The van der Waals surface area contributed by atoms with E-state index in [1.54, 1.807) is 0 Å². The first-order valence-electron chi connectivity index (χ1n) is 7.18. The Morgan fingerprint density at radius 1 is 0.762 bits per heavy atom. The predicted octanol–water partition coefficient (Wildman–Crippen LogP) is 0.699. The van der Waals surface area contributed by atoms with Crippen LogP contribution < -0.4 is 10.6 Å². The van der Waals surface area contributed by atoms with Gasteiger partial charge in [-0.2, -0.15) is 0 Å². The first kappa shape index (κ1) is 15.9.